The van der Waals surface area contributed by atoms with E-state index in [9.17, 15) is 0 Å². The summed E-state index contributed by atoms with van der Waals surface area (Å²) in [7, 11) is 0. The van der Waals surface area contributed by atoms with Gasteiger partial charge in [-0.05, 0) is 25.5 Å². The minimum Gasteiger partial charge on any atom is -0.444 e. The van der Waals surface area contributed by atoms with Gasteiger partial charge in [-0.15, -0.1) is 0 Å². The molecule has 0 saturated carbocycles. The molecule has 0 aromatic carbocycles. The van der Waals surface area contributed by atoms with Crippen molar-refractivity contribution in [1.82, 2.24) is 4.98 Å². The normalized spacial score (nSPS) is 24.0. The van der Waals surface area contributed by atoms with E-state index in [1.165, 1.54) is 18.6 Å². The lowest BCUT2D eigenvalue weighted by atomic mass is 10.2. The second-order valence-corrected chi connectivity index (χ2v) is 5.19. The Morgan fingerprint density at radius 1 is 1.79 bits per heavy atom. The molecule has 2 unspecified atom stereocenters. The first-order valence-corrected chi connectivity index (χ1v) is 6.12. The zero-order chi connectivity index (χ0) is 9.97. The number of hydrogen-bond donors (Lipinski definition) is 1. The zero-order valence-electron chi connectivity index (χ0n) is 8.40. The predicted octanol–water partition coefficient (Wildman–Crippen LogP) is 2.13. The van der Waals surface area contributed by atoms with Crippen molar-refractivity contribution in [2.75, 3.05) is 5.75 Å². The largest absolute Gasteiger partial charge is 0.444 e. The Bertz CT molecular complexity index is 292. The highest BCUT2D eigenvalue weighted by Gasteiger charge is 2.18. The average molecular weight is 212 g/mol. The summed E-state index contributed by atoms with van der Waals surface area (Å²) in [6.45, 7) is 1.91. The Labute approximate surface area is 88.5 Å². The first-order chi connectivity index (χ1) is 6.75. The molecule has 0 amide bonds. The third kappa shape index (κ3) is 2.30. The highest BCUT2D eigenvalue weighted by molar-refractivity contribution is 8.00. The number of hydrogen-bond acceptors (Lipinski definition) is 4. The van der Waals surface area contributed by atoms with E-state index < -0.39 is 0 Å². The molecule has 1 aliphatic heterocycles. The molecule has 0 bridgehead atoms. The predicted molar refractivity (Wildman–Crippen MR) is 58.3 cm³/mol. The molecular formula is C10H16N2OS. The van der Waals surface area contributed by atoms with Crippen LogP contribution in [0.1, 0.15) is 37.5 Å². The van der Waals surface area contributed by atoms with Crippen molar-refractivity contribution in [2.24, 2.45) is 5.73 Å². The molecule has 2 heterocycles. The number of rotatable bonds is 3. The molecule has 1 fully saturated rings. The minimum absolute atomic E-state index is 0.0486. The van der Waals surface area contributed by atoms with Crippen LogP contribution >= 0.6 is 11.8 Å². The molecule has 2 atom stereocenters. The fourth-order valence-corrected chi connectivity index (χ4v) is 2.89. The summed E-state index contributed by atoms with van der Waals surface area (Å²) in [6, 6.07) is -0.0486. The van der Waals surface area contributed by atoms with E-state index in [2.05, 4.69) is 4.98 Å². The van der Waals surface area contributed by atoms with Gasteiger partial charge in [0.15, 0.2) is 5.89 Å². The van der Waals surface area contributed by atoms with Gasteiger partial charge in [0, 0.05) is 11.7 Å². The summed E-state index contributed by atoms with van der Waals surface area (Å²) in [6.07, 6.45) is 5.33. The van der Waals surface area contributed by atoms with Gasteiger partial charge in [0.25, 0.3) is 0 Å². The Morgan fingerprint density at radius 3 is 3.21 bits per heavy atom. The van der Waals surface area contributed by atoms with Gasteiger partial charge >= 0.3 is 0 Å². The smallest absolute Gasteiger partial charge is 0.195 e. The first-order valence-electron chi connectivity index (χ1n) is 5.07. The van der Waals surface area contributed by atoms with Gasteiger partial charge in [0.1, 0.15) is 5.76 Å². The van der Waals surface area contributed by atoms with E-state index in [0.717, 1.165) is 18.1 Å². The third-order valence-electron chi connectivity index (χ3n) is 2.45. The zero-order valence-corrected chi connectivity index (χ0v) is 9.22. The highest BCUT2D eigenvalue weighted by Crippen LogP contribution is 2.29. The van der Waals surface area contributed by atoms with Crippen molar-refractivity contribution in [3.05, 3.63) is 17.8 Å². The van der Waals surface area contributed by atoms with Gasteiger partial charge in [-0.25, -0.2) is 4.98 Å². The van der Waals surface area contributed by atoms with Crippen LogP contribution in [0.15, 0.2) is 10.6 Å². The molecular weight excluding hydrogens is 196 g/mol. The summed E-state index contributed by atoms with van der Waals surface area (Å²) in [4.78, 5) is 4.24. The van der Waals surface area contributed by atoms with E-state index >= 15 is 0 Å². The van der Waals surface area contributed by atoms with Crippen LogP contribution in [0.5, 0.6) is 0 Å². The van der Waals surface area contributed by atoms with Gasteiger partial charge in [-0.3, -0.25) is 0 Å². The van der Waals surface area contributed by atoms with Crippen LogP contribution < -0.4 is 5.73 Å². The van der Waals surface area contributed by atoms with E-state index in [-0.39, 0.29) is 6.04 Å². The van der Waals surface area contributed by atoms with Crippen LogP contribution in [0.4, 0.5) is 0 Å². The monoisotopic (exact) mass is 212 g/mol. The summed E-state index contributed by atoms with van der Waals surface area (Å²) in [5, 5.41) is 0.703. The standard InChI is InChI=1S/C10H16N2OS/c1-7(11)9-6-12-10(13-9)5-8-3-2-4-14-8/h6-8H,2-5,11H2,1H3. The molecule has 4 heteroatoms. The molecule has 1 saturated heterocycles. The number of nitrogens with two attached hydrogens (primary N) is 1. The van der Waals surface area contributed by atoms with Crippen LogP contribution in [0.3, 0.4) is 0 Å². The molecule has 0 radical (unpaired) electrons. The molecule has 1 aliphatic rings. The minimum atomic E-state index is -0.0486. The number of thioether (sulfide) groups is 1. The SMILES string of the molecule is CC(N)c1cnc(CC2CCCS2)o1. The van der Waals surface area contributed by atoms with Gasteiger partial charge in [-0.2, -0.15) is 11.8 Å². The van der Waals surface area contributed by atoms with E-state index in [0.29, 0.717) is 5.25 Å². The van der Waals surface area contributed by atoms with Crippen molar-refractivity contribution in [2.45, 2.75) is 37.5 Å². The Morgan fingerprint density at radius 2 is 2.64 bits per heavy atom. The maximum absolute atomic E-state index is 5.70. The fourth-order valence-electron chi connectivity index (χ4n) is 1.63. The molecule has 0 spiro atoms. The fraction of sp³-hybridized carbons (Fsp3) is 0.700. The van der Waals surface area contributed by atoms with Crippen molar-refractivity contribution < 1.29 is 4.42 Å². The maximum atomic E-state index is 5.70. The molecule has 1 aromatic rings. The maximum Gasteiger partial charge on any atom is 0.195 e. The summed E-state index contributed by atoms with van der Waals surface area (Å²) in [5.41, 5.74) is 5.70. The Hall–Kier alpha value is -0.480. The lowest BCUT2D eigenvalue weighted by Gasteiger charge is -2.04. The van der Waals surface area contributed by atoms with Crippen LogP contribution in [0.25, 0.3) is 0 Å². The van der Waals surface area contributed by atoms with Crippen molar-refractivity contribution in [1.29, 1.82) is 0 Å². The Kier molecular flexibility index (Phi) is 3.13. The van der Waals surface area contributed by atoms with Gasteiger partial charge in [-0.1, -0.05) is 0 Å². The van der Waals surface area contributed by atoms with Crippen LogP contribution in [0, 0.1) is 0 Å². The molecule has 78 valence electrons. The molecule has 14 heavy (non-hydrogen) atoms. The quantitative estimate of drug-likeness (QED) is 0.834. The van der Waals surface area contributed by atoms with Crippen molar-refractivity contribution >= 4 is 11.8 Å². The lowest BCUT2D eigenvalue weighted by molar-refractivity contribution is 0.431. The van der Waals surface area contributed by atoms with Crippen LogP contribution in [0.2, 0.25) is 0 Å². The average Bonchev–Trinajstić information content (AvgIpc) is 2.75. The van der Waals surface area contributed by atoms with Crippen molar-refractivity contribution in [3.8, 4) is 0 Å². The summed E-state index contributed by atoms with van der Waals surface area (Å²) < 4.78 is 5.56. The second kappa shape index (κ2) is 4.36. The van der Waals surface area contributed by atoms with Gasteiger partial charge in [0.2, 0.25) is 0 Å². The highest BCUT2D eigenvalue weighted by atomic mass is 32.2. The van der Waals surface area contributed by atoms with Crippen LogP contribution in [-0.2, 0) is 6.42 Å². The molecule has 1 aromatic heterocycles. The third-order valence-corrected chi connectivity index (χ3v) is 3.84. The molecule has 3 nitrogen and oxygen atoms in total. The first kappa shape index (κ1) is 10.1. The number of nitrogens with zero attached hydrogens (tertiary/aromatic N) is 1. The second-order valence-electron chi connectivity index (χ2n) is 3.78. The number of aromatic nitrogens is 1. The number of oxazole rings is 1. The van der Waals surface area contributed by atoms with E-state index in [4.69, 9.17) is 10.2 Å². The molecule has 0 aliphatic carbocycles. The van der Waals surface area contributed by atoms with Crippen LogP contribution in [-0.4, -0.2) is 16.0 Å². The lowest BCUT2D eigenvalue weighted by Crippen LogP contribution is -2.03. The van der Waals surface area contributed by atoms with E-state index in [1.807, 2.05) is 18.7 Å². The van der Waals surface area contributed by atoms with E-state index in [1.54, 1.807) is 6.20 Å². The summed E-state index contributed by atoms with van der Waals surface area (Å²) in [5.74, 6) is 2.92. The topological polar surface area (TPSA) is 52.0 Å². The Balaban J connectivity index is 1.95. The molecule has 2 rings (SSSR count). The summed E-state index contributed by atoms with van der Waals surface area (Å²) >= 11 is 2.02. The van der Waals surface area contributed by atoms with Gasteiger partial charge < -0.3 is 10.2 Å². The van der Waals surface area contributed by atoms with Crippen molar-refractivity contribution in [3.63, 3.8) is 0 Å². The molecule has 2 N–H and O–H groups in total. The van der Waals surface area contributed by atoms with Gasteiger partial charge in [0.05, 0.1) is 12.2 Å².